The first-order valence-corrected chi connectivity index (χ1v) is 10.4. The lowest BCUT2D eigenvalue weighted by atomic mass is 10.1. The summed E-state index contributed by atoms with van der Waals surface area (Å²) in [5, 5.41) is 3.33. The van der Waals surface area contributed by atoms with Crippen molar-refractivity contribution >= 4 is 15.7 Å². The van der Waals surface area contributed by atoms with Crippen LogP contribution >= 0.6 is 0 Å². The summed E-state index contributed by atoms with van der Waals surface area (Å²) in [4.78, 5) is 0.318. The highest BCUT2D eigenvalue weighted by molar-refractivity contribution is 7.89. The molecule has 0 amide bonds. The van der Waals surface area contributed by atoms with E-state index in [4.69, 9.17) is 0 Å². The Morgan fingerprint density at radius 3 is 2.28 bits per heavy atom. The molecule has 136 valence electrons. The van der Waals surface area contributed by atoms with E-state index in [1.54, 1.807) is 12.1 Å². The third kappa shape index (κ3) is 6.52. The first-order valence-electron chi connectivity index (χ1n) is 8.89. The lowest BCUT2D eigenvalue weighted by molar-refractivity contribution is 0.516. The van der Waals surface area contributed by atoms with E-state index in [0.29, 0.717) is 11.4 Å². The molecule has 1 atom stereocenters. The maximum absolute atomic E-state index is 12.7. The molecule has 5 heteroatoms. The van der Waals surface area contributed by atoms with Crippen molar-refractivity contribution in [2.24, 2.45) is 0 Å². The first kappa shape index (κ1) is 19.5. The topological polar surface area (TPSA) is 58.2 Å². The van der Waals surface area contributed by atoms with Gasteiger partial charge in [-0.3, -0.25) is 0 Å². The van der Waals surface area contributed by atoms with Gasteiger partial charge in [0.2, 0.25) is 10.0 Å². The summed E-state index contributed by atoms with van der Waals surface area (Å²) in [7, 11) is -3.51. The Kier molecular flexibility index (Phi) is 7.47. The Balaban J connectivity index is 2.04. The fraction of sp³-hybridized carbons (Fsp3) is 0.400. The maximum Gasteiger partial charge on any atom is 0.240 e. The van der Waals surface area contributed by atoms with E-state index < -0.39 is 10.0 Å². The van der Waals surface area contributed by atoms with Crippen molar-refractivity contribution in [3.8, 4) is 0 Å². The molecule has 2 aromatic carbocycles. The Morgan fingerprint density at radius 2 is 1.64 bits per heavy atom. The lowest BCUT2D eigenvalue weighted by Gasteiger charge is -2.20. The molecule has 0 aliphatic heterocycles. The second kappa shape index (κ2) is 9.59. The molecule has 1 unspecified atom stereocenters. The molecule has 0 saturated heterocycles. The predicted molar refractivity (Wildman–Crippen MR) is 104 cm³/mol. The van der Waals surface area contributed by atoms with E-state index >= 15 is 0 Å². The zero-order chi connectivity index (χ0) is 18.1. The zero-order valence-corrected chi connectivity index (χ0v) is 15.9. The predicted octanol–water partition coefficient (Wildman–Crippen LogP) is 4.33. The van der Waals surface area contributed by atoms with Crippen LogP contribution in [0.3, 0.4) is 0 Å². The van der Waals surface area contributed by atoms with Crippen LogP contribution in [-0.2, 0) is 10.0 Å². The molecule has 0 bridgehead atoms. The molecule has 0 aliphatic carbocycles. The van der Waals surface area contributed by atoms with Crippen molar-refractivity contribution in [1.82, 2.24) is 4.72 Å². The molecule has 0 aliphatic rings. The van der Waals surface area contributed by atoms with Gasteiger partial charge in [-0.1, -0.05) is 62.1 Å². The molecular weight excluding hydrogens is 332 g/mol. The van der Waals surface area contributed by atoms with Gasteiger partial charge in [-0.15, -0.1) is 0 Å². The van der Waals surface area contributed by atoms with Crippen LogP contribution in [0, 0.1) is 6.92 Å². The van der Waals surface area contributed by atoms with Gasteiger partial charge < -0.3 is 5.32 Å². The monoisotopic (exact) mass is 360 g/mol. The molecule has 0 radical (unpaired) electrons. The summed E-state index contributed by atoms with van der Waals surface area (Å²) >= 11 is 0. The quantitative estimate of drug-likeness (QED) is 0.620. The van der Waals surface area contributed by atoms with Gasteiger partial charge in [-0.2, -0.15) is 0 Å². The standard InChI is InChI=1S/C20H28N2O2S/c1-3-4-6-11-19(16-21-18-9-7-5-8-10-18)22-25(23,24)20-14-12-17(2)13-15-20/h5,7-10,12-15,19,21-22H,3-4,6,11,16H2,1-2H3. The van der Waals surface area contributed by atoms with Crippen molar-refractivity contribution in [3.05, 3.63) is 60.2 Å². The van der Waals surface area contributed by atoms with E-state index in [9.17, 15) is 8.42 Å². The van der Waals surface area contributed by atoms with E-state index in [1.807, 2.05) is 49.4 Å². The SMILES string of the molecule is CCCCCC(CNc1ccccc1)NS(=O)(=O)c1ccc(C)cc1. The van der Waals surface area contributed by atoms with Crippen molar-refractivity contribution in [1.29, 1.82) is 0 Å². The fourth-order valence-electron chi connectivity index (χ4n) is 2.65. The summed E-state index contributed by atoms with van der Waals surface area (Å²) in [6, 6.07) is 16.7. The summed E-state index contributed by atoms with van der Waals surface area (Å²) in [5.41, 5.74) is 2.04. The molecule has 25 heavy (non-hydrogen) atoms. The fourth-order valence-corrected chi connectivity index (χ4v) is 3.92. The molecule has 2 aromatic rings. The molecular formula is C20H28N2O2S. The van der Waals surface area contributed by atoms with Gasteiger partial charge in [0.15, 0.2) is 0 Å². The van der Waals surface area contributed by atoms with Gasteiger partial charge in [0, 0.05) is 18.3 Å². The van der Waals surface area contributed by atoms with Gasteiger partial charge in [0.25, 0.3) is 0 Å². The average molecular weight is 361 g/mol. The molecule has 4 nitrogen and oxygen atoms in total. The van der Waals surface area contributed by atoms with Crippen molar-refractivity contribution in [2.75, 3.05) is 11.9 Å². The largest absolute Gasteiger partial charge is 0.383 e. The van der Waals surface area contributed by atoms with Crippen LogP contribution in [0.25, 0.3) is 0 Å². The number of para-hydroxylation sites is 1. The maximum atomic E-state index is 12.7. The lowest BCUT2D eigenvalue weighted by Crippen LogP contribution is -2.39. The summed E-state index contributed by atoms with van der Waals surface area (Å²) < 4.78 is 28.2. The first-order chi connectivity index (χ1) is 12.0. The Bertz CT molecular complexity index is 728. The highest BCUT2D eigenvalue weighted by Gasteiger charge is 2.19. The molecule has 0 heterocycles. The van der Waals surface area contributed by atoms with Gasteiger partial charge in [0.1, 0.15) is 0 Å². The minimum absolute atomic E-state index is 0.141. The number of sulfonamides is 1. The van der Waals surface area contributed by atoms with Crippen LogP contribution in [0.15, 0.2) is 59.5 Å². The zero-order valence-electron chi connectivity index (χ0n) is 15.0. The van der Waals surface area contributed by atoms with Gasteiger partial charge in [0.05, 0.1) is 4.90 Å². The Morgan fingerprint density at radius 1 is 0.960 bits per heavy atom. The normalized spacial score (nSPS) is 12.7. The van der Waals surface area contributed by atoms with E-state index in [0.717, 1.165) is 36.9 Å². The number of nitrogens with one attached hydrogen (secondary N) is 2. The van der Waals surface area contributed by atoms with E-state index in [1.165, 1.54) is 0 Å². The van der Waals surface area contributed by atoms with Crippen LogP contribution in [0.4, 0.5) is 5.69 Å². The second-order valence-corrected chi connectivity index (χ2v) is 8.09. The van der Waals surface area contributed by atoms with Crippen LogP contribution in [-0.4, -0.2) is 21.0 Å². The minimum Gasteiger partial charge on any atom is -0.383 e. The minimum atomic E-state index is -3.51. The average Bonchev–Trinajstić information content (AvgIpc) is 2.61. The molecule has 0 saturated carbocycles. The number of unbranched alkanes of at least 4 members (excludes halogenated alkanes) is 2. The second-order valence-electron chi connectivity index (χ2n) is 6.37. The molecule has 0 aromatic heterocycles. The van der Waals surface area contributed by atoms with Crippen LogP contribution in [0.1, 0.15) is 38.2 Å². The van der Waals surface area contributed by atoms with Gasteiger partial charge in [-0.05, 0) is 37.6 Å². The Labute approximate surface area is 151 Å². The third-order valence-electron chi connectivity index (χ3n) is 4.14. The van der Waals surface area contributed by atoms with Gasteiger partial charge in [-0.25, -0.2) is 13.1 Å². The summed E-state index contributed by atoms with van der Waals surface area (Å²) in [6.07, 6.45) is 4.05. The molecule has 0 fully saturated rings. The molecule has 0 spiro atoms. The number of aryl methyl sites for hydroxylation is 1. The van der Waals surface area contributed by atoms with E-state index in [2.05, 4.69) is 17.0 Å². The van der Waals surface area contributed by atoms with E-state index in [-0.39, 0.29) is 6.04 Å². The number of benzene rings is 2. The summed E-state index contributed by atoms with van der Waals surface area (Å²) in [5.74, 6) is 0. The van der Waals surface area contributed by atoms with Crippen molar-refractivity contribution in [3.63, 3.8) is 0 Å². The smallest absolute Gasteiger partial charge is 0.240 e. The third-order valence-corrected chi connectivity index (χ3v) is 5.67. The van der Waals surface area contributed by atoms with Gasteiger partial charge >= 0.3 is 0 Å². The van der Waals surface area contributed by atoms with Crippen molar-refractivity contribution in [2.45, 2.75) is 50.5 Å². The number of hydrogen-bond acceptors (Lipinski definition) is 3. The number of rotatable bonds is 10. The number of hydrogen-bond donors (Lipinski definition) is 2. The summed E-state index contributed by atoms with van der Waals surface area (Å²) in [6.45, 7) is 4.66. The van der Waals surface area contributed by atoms with Crippen molar-refractivity contribution < 1.29 is 8.42 Å². The number of anilines is 1. The van der Waals surface area contributed by atoms with Crippen LogP contribution in [0.5, 0.6) is 0 Å². The molecule has 2 N–H and O–H groups in total. The highest BCUT2D eigenvalue weighted by atomic mass is 32.2. The van der Waals surface area contributed by atoms with Crippen LogP contribution < -0.4 is 10.0 Å². The molecule has 2 rings (SSSR count). The van der Waals surface area contributed by atoms with Crippen LogP contribution in [0.2, 0.25) is 0 Å². The highest BCUT2D eigenvalue weighted by Crippen LogP contribution is 2.14. The Hall–Kier alpha value is -1.85.